The molecule has 3 aromatic rings. The highest BCUT2D eigenvalue weighted by molar-refractivity contribution is 7.89. The fourth-order valence-electron chi connectivity index (χ4n) is 2.65. The molecule has 0 aliphatic heterocycles. The Morgan fingerprint density at radius 2 is 2.12 bits per heavy atom. The van der Waals surface area contributed by atoms with Gasteiger partial charge in [0.2, 0.25) is 10.0 Å². The first-order valence-electron chi connectivity index (χ1n) is 7.55. The summed E-state index contributed by atoms with van der Waals surface area (Å²) in [6.45, 7) is 0.637. The van der Waals surface area contributed by atoms with Crippen molar-refractivity contribution < 1.29 is 18.3 Å². The predicted molar refractivity (Wildman–Crippen MR) is 91.2 cm³/mol. The van der Waals surface area contributed by atoms with Crippen LogP contribution in [0.2, 0.25) is 0 Å². The number of pyridine rings is 1. The summed E-state index contributed by atoms with van der Waals surface area (Å²) in [7, 11) is -2.00. The highest BCUT2D eigenvalue weighted by Crippen LogP contribution is 2.28. The number of aromatic nitrogens is 2. The zero-order chi connectivity index (χ0) is 17.2. The van der Waals surface area contributed by atoms with Crippen LogP contribution in [0.3, 0.4) is 0 Å². The van der Waals surface area contributed by atoms with Crippen molar-refractivity contribution in [1.29, 1.82) is 0 Å². The van der Waals surface area contributed by atoms with Gasteiger partial charge in [-0.2, -0.15) is 0 Å². The van der Waals surface area contributed by atoms with Crippen molar-refractivity contribution >= 4 is 31.8 Å². The number of hydrogen-bond donors (Lipinski definition) is 3. The average molecular weight is 349 g/mol. The lowest BCUT2D eigenvalue weighted by Gasteiger charge is -2.06. The minimum Gasteiger partial charge on any atom is -0.390 e. The molecule has 0 atom stereocenters. The smallest absolute Gasteiger partial charge is 0.240 e. The van der Waals surface area contributed by atoms with Crippen molar-refractivity contribution in [2.24, 2.45) is 0 Å². The molecule has 0 unspecified atom stereocenters. The molecule has 0 amide bonds. The Morgan fingerprint density at radius 3 is 2.88 bits per heavy atom. The second-order valence-electron chi connectivity index (χ2n) is 5.41. The van der Waals surface area contributed by atoms with E-state index in [0.29, 0.717) is 25.3 Å². The van der Waals surface area contributed by atoms with Gasteiger partial charge in [0.05, 0.1) is 22.7 Å². The van der Waals surface area contributed by atoms with Crippen molar-refractivity contribution in [1.82, 2.24) is 14.7 Å². The first-order valence-corrected chi connectivity index (χ1v) is 9.04. The summed E-state index contributed by atoms with van der Waals surface area (Å²) in [6, 6.07) is 6.71. The predicted octanol–water partition coefficient (Wildman–Crippen LogP) is 1.52. The molecular formula is C16H19N3O4S. The minimum absolute atomic E-state index is 0.184. The molecule has 3 N–H and O–H groups in total. The van der Waals surface area contributed by atoms with Crippen LogP contribution in [0.5, 0.6) is 0 Å². The zero-order valence-corrected chi connectivity index (χ0v) is 14.1. The molecule has 0 radical (unpaired) electrons. The zero-order valence-electron chi connectivity index (χ0n) is 13.2. The third-order valence-electron chi connectivity index (χ3n) is 3.85. The summed E-state index contributed by atoms with van der Waals surface area (Å²) in [5, 5.41) is 11.0. The number of rotatable bonds is 7. The van der Waals surface area contributed by atoms with Gasteiger partial charge in [0.25, 0.3) is 0 Å². The molecule has 7 nitrogen and oxygen atoms in total. The molecule has 0 saturated heterocycles. The van der Waals surface area contributed by atoms with Crippen LogP contribution >= 0.6 is 0 Å². The van der Waals surface area contributed by atoms with Gasteiger partial charge in [0, 0.05) is 42.7 Å². The van der Waals surface area contributed by atoms with Crippen molar-refractivity contribution in [2.75, 3.05) is 20.3 Å². The molecule has 3 rings (SSSR count). The first-order chi connectivity index (χ1) is 11.6. The fraction of sp³-hybridized carbons (Fsp3) is 0.312. The van der Waals surface area contributed by atoms with Crippen LogP contribution < -0.4 is 4.72 Å². The van der Waals surface area contributed by atoms with E-state index in [1.165, 1.54) is 0 Å². The van der Waals surface area contributed by atoms with Crippen LogP contribution in [0.4, 0.5) is 0 Å². The average Bonchev–Trinajstić information content (AvgIpc) is 2.96. The van der Waals surface area contributed by atoms with Gasteiger partial charge < -0.3 is 14.8 Å². The summed E-state index contributed by atoms with van der Waals surface area (Å²) in [6.07, 6.45) is 2.21. The summed E-state index contributed by atoms with van der Waals surface area (Å²) < 4.78 is 32.3. The van der Waals surface area contributed by atoms with Gasteiger partial charge in [0.15, 0.2) is 0 Å². The van der Waals surface area contributed by atoms with Gasteiger partial charge in [0.1, 0.15) is 0 Å². The monoisotopic (exact) mass is 349 g/mol. The van der Waals surface area contributed by atoms with E-state index in [1.54, 1.807) is 37.6 Å². The number of aromatic amines is 1. The molecule has 0 aliphatic rings. The number of sulfonamides is 1. The van der Waals surface area contributed by atoms with Gasteiger partial charge >= 0.3 is 0 Å². The third kappa shape index (κ3) is 3.13. The number of fused-ring (bicyclic) bond motifs is 3. The second-order valence-corrected chi connectivity index (χ2v) is 7.18. The van der Waals surface area contributed by atoms with Crippen molar-refractivity contribution in [3.05, 3.63) is 36.2 Å². The fourth-order valence-corrected chi connectivity index (χ4v) is 3.75. The summed E-state index contributed by atoms with van der Waals surface area (Å²) in [4.78, 5) is 7.51. The Balaban J connectivity index is 2.00. The van der Waals surface area contributed by atoms with E-state index in [1.807, 2.05) is 0 Å². The summed E-state index contributed by atoms with van der Waals surface area (Å²) in [5.41, 5.74) is 2.05. The Labute approximate surface area is 139 Å². The van der Waals surface area contributed by atoms with Gasteiger partial charge in [-0.25, -0.2) is 13.1 Å². The maximum atomic E-state index is 12.4. The SMILES string of the molecule is COCCCNS(=O)(=O)c1ccc2[nH]c3c(CO)nccc3c2c1. The first kappa shape index (κ1) is 16.8. The molecule has 128 valence electrons. The van der Waals surface area contributed by atoms with Gasteiger partial charge in [-0.1, -0.05) is 0 Å². The Bertz CT molecular complexity index is 966. The van der Waals surface area contributed by atoms with Gasteiger partial charge in [-0.05, 0) is 30.7 Å². The number of benzene rings is 1. The van der Waals surface area contributed by atoms with Crippen LogP contribution in [0.1, 0.15) is 12.1 Å². The van der Waals surface area contributed by atoms with Crippen LogP contribution in [-0.4, -0.2) is 43.8 Å². The third-order valence-corrected chi connectivity index (χ3v) is 5.31. The van der Waals surface area contributed by atoms with E-state index in [0.717, 1.165) is 21.8 Å². The lowest BCUT2D eigenvalue weighted by atomic mass is 10.1. The van der Waals surface area contributed by atoms with E-state index in [4.69, 9.17) is 4.74 Å². The van der Waals surface area contributed by atoms with Crippen molar-refractivity contribution in [3.8, 4) is 0 Å². The van der Waals surface area contributed by atoms with Crippen molar-refractivity contribution in [2.45, 2.75) is 17.9 Å². The lowest BCUT2D eigenvalue weighted by Crippen LogP contribution is -2.25. The topological polar surface area (TPSA) is 104 Å². The largest absolute Gasteiger partial charge is 0.390 e. The quantitative estimate of drug-likeness (QED) is 0.561. The molecule has 0 saturated carbocycles. The molecule has 1 aromatic carbocycles. The van der Waals surface area contributed by atoms with Crippen LogP contribution in [-0.2, 0) is 21.4 Å². The van der Waals surface area contributed by atoms with E-state index in [2.05, 4.69) is 14.7 Å². The Hall–Kier alpha value is -2.00. The number of nitrogens with zero attached hydrogens (tertiary/aromatic N) is 1. The van der Waals surface area contributed by atoms with Gasteiger partial charge in [-0.3, -0.25) is 4.98 Å². The lowest BCUT2D eigenvalue weighted by molar-refractivity contribution is 0.196. The minimum atomic E-state index is -3.58. The number of hydrogen-bond acceptors (Lipinski definition) is 5. The molecular weight excluding hydrogens is 330 g/mol. The molecule has 8 heteroatoms. The summed E-state index contributed by atoms with van der Waals surface area (Å²) >= 11 is 0. The van der Waals surface area contributed by atoms with Crippen LogP contribution in [0.25, 0.3) is 21.8 Å². The van der Waals surface area contributed by atoms with Crippen LogP contribution in [0, 0.1) is 0 Å². The molecule has 0 aliphatic carbocycles. The summed E-state index contributed by atoms with van der Waals surface area (Å²) in [5.74, 6) is 0. The molecule has 2 aromatic heterocycles. The van der Waals surface area contributed by atoms with E-state index < -0.39 is 10.0 Å². The van der Waals surface area contributed by atoms with Gasteiger partial charge in [-0.15, -0.1) is 0 Å². The normalized spacial score (nSPS) is 12.2. The Kier molecular flexibility index (Phi) is 4.81. The second kappa shape index (κ2) is 6.86. The maximum absolute atomic E-state index is 12.4. The number of aliphatic hydroxyl groups excluding tert-OH is 1. The molecule has 0 spiro atoms. The molecule has 0 bridgehead atoms. The molecule has 0 fully saturated rings. The highest BCUT2D eigenvalue weighted by atomic mass is 32.2. The standard InChI is InChI=1S/C16H19N3O4S/c1-23-8-2-6-18-24(21,22)11-3-4-14-13(9-11)12-5-7-17-15(10-20)16(12)19-14/h3-5,7,9,18-20H,2,6,8,10H2,1H3. The molecule has 24 heavy (non-hydrogen) atoms. The maximum Gasteiger partial charge on any atom is 0.240 e. The van der Waals surface area contributed by atoms with Crippen molar-refractivity contribution in [3.63, 3.8) is 0 Å². The van der Waals surface area contributed by atoms with E-state index in [-0.39, 0.29) is 11.5 Å². The highest BCUT2D eigenvalue weighted by Gasteiger charge is 2.16. The van der Waals surface area contributed by atoms with E-state index >= 15 is 0 Å². The number of ether oxygens (including phenoxy) is 1. The van der Waals surface area contributed by atoms with Crippen LogP contribution in [0.15, 0.2) is 35.4 Å². The molecule has 2 heterocycles. The number of aliphatic hydroxyl groups is 1. The number of H-pyrrole nitrogens is 1. The number of methoxy groups -OCH3 is 1. The Morgan fingerprint density at radius 1 is 1.29 bits per heavy atom. The number of nitrogens with one attached hydrogen (secondary N) is 2. The van der Waals surface area contributed by atoms with E-state index in [9.17, 15) is 13.5 Å².